The first-order valence-corrected chi connectivity index (χ1v) is 11.9. The van der Waals surface area contributed by atoms with Gasteiger partial charge in [-0.05, 0) is 91.0 Å². The van der Waals surface area contributed by atoms with Gasteiger partial charge in [-0.3, -0.25) is 0 Å². The summed E-state index contributed by atoms with van der Waals surface area (Å²) in [7, 11) is 0. The Bertz CT molecular complexity index is 1300. The van der Waals surface area contributed by atoms with Crippen molar-refractivity contribution in [3.05, 3.63) is 144 Å². The molecule has 5 heteroatoms. The zero-order chi connectivity index (χ0) is 24.2. The largest absolute Gasteiger partial charge is 0.310 e. The van der Waals surface area contributed by atoms with Gasteiger partial charge in [0.25, 0.3) is 0 Å². The topological polar surface area (TPSA) is 6.48 Å². The molecular weight excluding hydrogens is 506 g/mol. The summed E-state index contributed by atoms with van der Waals surface area (Å²) in [4.78, 5) is 4.14. The van der Waals surface area contributed by atoms with Crippen LogP contribution in [0.5, 0.6) is 0 Å². The van der Waals surface area contributed by atoms with Crippen LogP contribution in [0, 0.1) is 11.6 Å². The maximum absolute atomic E-state index is 13.7. The van der Waals surface area contributed by atoms with Gasteiger partial charge in [-0.2, -0.15) is 0 Å². The molecule has 5 aromatic rings. The lowest BCUT2D eigenvalue weighted by molar-refractivity contribution is 0.627. The molecule has 0 aliphatic carbocycles. The SMILES string of the molecule is Fc1ccc(N(c2ccccc2)c2cc(Br)cc(N(c3ccccc3)c3ccc(F)cc3)c2)cc1. The van der Waals surface area contributed by atoms with E-state index in [4.69, 9.17) is 0 Å². The van der Waals surface area contributed by atoms with Crippen LogP contribution in [0.25, 0.3) is 0 Å². The smallest absolute Gasteiger partial charge is 0.123 e. The van der Waals surface area contributed by atoms with Crippen LogP contribution < -0.4 is 9.80 Å². The fraction of sp³-hybridized carbons (Fsp3) is 0. The van der Waals surface area contributed by atoms with Gasteiger partial charge in [-0.15, -0.1) is 0 Å². The number of benzene rings is 5. The van der Waals surface area contributed by atoms with Gasteiger partial charge in [-0.1, -0.05) is 52.3 Å². The van der Waals surface area contributed by atoms with E-state index in [9.17, 15) is 8.78 Å². The van der Waals surface area contributed by atoms with E-state index < -0.39 is 0 Å². The second kappa shape index (κ2) is 10.1. The third kappa shape index (κ3) is 5.10. The minimum atomic E-state index is -0.289. The first-order valence-electron chi connectivity index (χ1n) is 11.1. The Balaban J connectivity index is 1.69. The number of nitrogens with zero attached hydrogens (tertiary/aromatic N) is 2. The molecule has 0 bridgehead atoms. The summed E-state index contributed by atoms with van der Waals surface area (Å²) in [6, 6.07) is 38.8. The van der Waals surface area contributed by atoms with E-state index in [0.29, 0.717) is 0 Å². The standard InChI is InChI=1S/C30H21BrF2N2/c31-22-19-29(34(25-7-3-1-4-8-25)27-15-11-23(32)12-16-27)21-30(20-22)35(26-9-5-2-6-10-26)28-17-13-24(33)14-18-28/h1-21H. The highest BCUT2D eigenvalue weighted by molar-refractivity contribution is 9.10. The number of hydrogen-bond acceptors (Lipinski definition) is 2. The normalized spacial score (nSPS) is 10.7. The van der Waals surface area contributed by atoms with Gasteiger partial charge >= 0.3 is 0 Å². The number of anilines is 6. The van der Waals surface area contributed by atoms with Crippen molar-refractivity contribution in [1.82, 2.24) is 0 Å². The molecule has 0 unspecified atom stereocenters. The molecule has 0 N–H and O–H groups in total. The lowest BCUT2D eigenvalue weighted by Gasteiger charge is -2.29. The van der Waals surface area contributed by atoms with Crippen molar-refractivity contribution in [3.63, 3.8) is 0 Å². The molecule has 0 aliphatic heterocycles. The summed E-state index contributed by atoms with van der Waals surface area (Å²) in [6.07, 6.45) is 0. The van der Waals surface area contributed by atoms with Crippen molar-refractivity contribution in [3.8, 4) is 0 Å². The monoisotopic (exact) mass is 526 g/mol. The minimum Gasteiger partial charge on any atom is -0.310 e. The van der Waals surface area contributed by atoms with Crippen molar-refractivity contribution in [2.45, 2.75) is 0 Å². The third-order valence-electron chi connectivity index (χ3n) is 5.58. The van der Waals surface area contributed by atoms with Crippen LogP contribution in [0.15, 0.2) is 132 Å². The molecule has 172 valence electrons. The first kappa shape index (κ1) is 22.8. The Morgan fingerprint density at radius 1 is 0.400 bits per heavy atom. The maximum atomic E-state index is 13.7. The van der Waals surface area contributed by atoms with E-state index in [1.807, 2.05) is 72.8 Å². The molecule has 0 saturated heterocycles. The summed E-state index contributed by atoms with van der Waals surface area (Å²) in [6.45, 7) is 0. The van der Waals surface area contributed by atoms with Gasteiger partial charge in [0.05, 0.1) is 0 Å². The molecule has 0 atom stereocenters. The lowest BCUT2D eigenvalue weighted by Crippen LogP contribution is -2.13. The quantitative estimate of drug-likeness (QED) is 0.217. The van der Waals surface area contributed by atoms with Crippen molar-refractivity contribution in [2.24, 2.45) is 0 Å². The molecule has 0 aromatic heterocycles. The molecule has 2 nitrogen and oxygen atoms in total. The van der Waals surface area contributed by atoms with Crippen LogP contribution >= 0.6 is 15.9 Å². The number of para-hydroxylation sites is 2. The zero-order valence-corrected chi connectivity index (χ0v) is 20.2. The fourth-order valence-electron chi connectivity index (χ4n) is 4.05. The van der Waals surface area contributed by atoms with Crippen LogP contribution in [-0.2, 0) is 0 Å². The summed E-state index contributed by atoms with van der Waals surface area (Å²) < 4.78 is 28.3. The van der Waals surface area contributed by atoms with Gasteiger partial charge in [0, 0.05) is 38.6 Å². The van der Waals surface area contributed by atoms with Gasteiger partial charge < -0.3 is 9.80 Å². The fourth-order valence-corrected chi connectivity index (χ4v) is 4.52. The van der Waals surface area contributed by atoms with Crippen LogP contribution in [0.4, 0.5) is 42.9 Å². The molecule has 0 aliphatic rings. The highest BCUT2D eigenvalue weighted by Gasteiger charge is 2.18. The van der Waals surface area contributed by atoms with E-state index in [-0.39, 0.29) is 11.6 Å². The van der Waals surface area contributed by atoms with Crippen molar-refractivity contribution in [1.29, 1.82) is 0 Å². The first-order chi connectivity index (χ1) is 17.1. The van der Waals surface area contributed by atoms with Crippen LogP contribution in [0.1, 0.15) is 0 Å². The van der Waals surface area contributed by atoms with E-state index in [1.165, 1.54) is 24.3 Å². The predicted molar refractivity (Wildman–Crippen MR) is 143 cm³/mol. The van der Waals surface area contributed by atoms with Gasteiger partial charge in [-0.25, -0.2) is 8.78 Å². The molecule has 0 spiro atoms. The Morgan fingerprint density at radius 2 is 0.743 bits per heavy atom. The van der Waals surface area contributed by atoms with Crippen LogP contribution in [0.2, 0.25) is 0 Å². The van der Waals surface area contributed by atoms with E-state index >= 15 is 0 Å². The second-order valence-corrected chi connectivity index (χ2v) is 8.88. The average molecular weight is 527 g/mol. The Morgan fingerprint density at radius 3 is 1.11 bits per heavy atom. The summed E-state index contributed by atoms with van der Waals surface area (Å²) in [5.74, 6) is -0.577. The maximum Gasteiger partial charge on any atom is 0.123 e. The Kier molecular flexibility index (Phi) is 6.59. The van der Waals surface area contributed by atoms with Gasteiger partial charge in [0.15, 0.2) is 0 Å². The number of rotatable bonds is 6. The molecule has 5 aromatic carbocycles. The van der Waals surface area contributed by atoms with Crippen molar-refractivity contribution < 1.29 is 8.78 Å². The third-order valence-corrected chi connectivity index (χ3v) is 6.04. The average Bonchev–Trinajstić information content (AvgIpc) is 2.88. The van der Waals surface area contributed by atoms with Crippen molar-refractivity contribution in [2.75, 3.05) is 9.80 Å². The highest BCUT2D eigenvalue weighted by atomic mass is 79.9. The molecular formula is C30H21BrF2N2. The molecule has 0 saturated carbocycles. The van der Waals surface area contributed by atoms with E-state index in [0.717, 1.165) is 38.6 Å². The molecule has 0 amide bonds. The van der Waals surface area contributed by atoms with Crippen LogP contribution in [-0.4, -0.2) is 0 Å². The Hall–Kier alpha value is -3.96. The zero-order valence-electron chi connectivity index (χ0n) is 18.7. The highest BCUT2D eigenvalue weighted by Crippen LogP contribution is 2.42. The second-order valence-electron chi connectivity index (χ2n) is 7.96. The summed E-state index contributed by atoms with van der Waals surface area (Å²) >= 11 is 3.69. The molecule has 0 heterocycles. The number of halogens is 3. The molecule has 5 rings (SSSR count). The summed E-state index contributed by atoms with van der Waals surface area (Å²) in [5.41, 5.74) is 5.31. The predicted octanol–water partition coefficient (Wildman–Crippen LogP) is 9.67. The van der Waals surface area contributed by atoms with Gasteiger partial charge in [0.1, 0.15) is 11.6 Å². The molecule has 35 heavy (non-hydrogen) atoms. The molecule has 0 fully saturated rings. The minimum absolute atomic E-state index is 0.289. The number of hydrogen-bond donors (Lipinski definition) is 0. The lowest BCUT2D eigenvalue weighted by atomic mass is 10.1. The Labute approximate surface area is 211 Å². The molecule has 0 radical (unpaired) electrons. The van der Waals surface area contributed by atoms with Crippen LogP contribution in [0.3, 0.4) is 0 Å². The van der Waals surface area contributed by atoms with E-state index in [1.54, 1.807) is 24.3 Å². The van der Waals surface area contributed by atoms with Gasteiger partial charge in [0.2, 0.25) is 0 Å². The summed E-state index contributed by atoms with van der Waals surface area (Å²) in [5, 5.41) is 0. The van der Waals surface area contributed by atoms with E-state index in [2.05, 4.69) is 31.8 Å². The van der Waals surface area contributed by atoms with Crippen molar-refractivity contribution >= 4 is 50.1 Å².